The highest BCUT2D eigenvalue weighted by Crippen LogP contribution is 2.34. The molecule has 1 fully saturated rings. The van der Waals surface area contributed by atoms with Crippen LogP contribution in [0.25, 0.3) is 0 Å². The fraction of sp³-hybridized carbons (Fsp3) is 0.933. The average molecular weight is 254 g/mol. The predicted molar refractivity (Wildman–Crippen MR) is 76.2 cm³/mol. The topological polar surface area (TPSA) is 46.3 Å². The summed E-state index contributed by atoms with van der Waals surface area (Å²) in [5.74, 6) is 1.36. The van der Waals surface area contributed by atoms with Crippen LogP contribution in [0.5, 0.6) is 0 Å². The van der Waals surface area contributed by atoms with E-state index < -0.39 is 0 Å². The number of nitrogens with zero attached hydrogens (tertiary/aromatic N) is 1. The number of piperidine rings is 1. The Morgan fingerprint density at radius 1 is 1.28 bits per heavy atom. The molecule has 0 saturated carbocycles. The fourth-order valence-corrected chi connectivity index (χ4v) is 2.81. The smallest absolute Gasteiger partial charge is 0.239 e. The first-order chi connectivity index (χ1) is 8.21. The van der Waals surface area contributed by atoms with Crippen molar-refractivity contribution < 1.29 is 4.79 Å². The van der Waals surface area contributed by atoms with Crippen molar-refractivity contribution in [1.82, 2.24) is 4.90 Å². The lowest BCUT2D eigenvalue weighted by Crippen LogP contribution is -2.48. The molecule has 1 aliphatic rings. The lowest BCUT2D eigenvalue weighted by molar-refractivity contribution is -0.134. The molecule has 0 radical (unpaired) electrons. The largest absolute Gasteiger partial charge is 0.341 e. The molecule has 0 aromatic rings. The summed E-state index contributed by atoms with van der Waals surface area (Å²) in [4.78, 5) is 14.2. The SMILES string of the molecule is CC(C)CC(N)C(=O)N1CCC(C(C)(C)C)CC1. The Morgan fingerprint density at radius 2 is 1.78 bits per heavy atom. The quantitative estimate of drug-likeness (QED) is 0.841. The highest BCUT2D eigenvalue weighted by atomic mass is 16.2. The molecule has 1 rings (SSSR count). The maximum Gasteiger partial charge on any atom is 0.239 e. The summed E-state index contributed by atoms with van der Waals surface area (Å²) >= 11 is 0. The van der Waals surface area contributed by atoms with Crippen LogP contribution in [0.1, 0.15) is 53.9 Å². The molecule has 1 aliphatic heterocycles. The van der Waals surface area contributed by atoms with Gasteiger partial charge in [-0.3, -0.25) is 4.79 Å². The number of hydrogen-bond acceptors (Lipinski definition) is 2. The highest BCUT2D eigenvalue weighted by molar-refractivity contribution is 5.81. The highest BCUT2D eigenvalue weighted by Gasteiger charge is 2.31. The first-order valence-corrected chi connectivity index (χ1v) is 7.26. The van der Waals surface area contributed by atoms with Crippen molar-refractivity contribution in [2.24, 2.45) is 23.0 Å². The van der Waals surface area contributed by atoms with Crippen molar-refractivity contribution in [2.75, 3.05) is 13.1 Å². The Kier molecular flexibility index (Phi) is 5.20. The van der Waals surface area contributed by atoms with Crippen LogP contribution < -0.4 is 5.73 Å². The number of carbonyl (C=O) groups excluding carboxylic acids is 1. The summed E-state index contributed by atoms with van der Waals surface area (Å²) in [6.45, 7) is 12.9. The second kappa shape index (κ2) is 6.05. The Bertz CT molecular complexity index is 273. The third-order valence-corrected chi connectivity index (χ3v) is 4.07. The van der Waals surface area contributed by atoms with Crippen LogP contribution in [0.15, 0.2) is 0 Å². The summed E-state index contributed by atoms with van der Waals surface area (Å²) in [5, 5.41) is 0. The third-order valence-electron chi connectivity index (χ3n) is 4.07. The van der Waals surface area contributed by atoms with Gasteiger partial charge in [0.2, 0.25) is 5.91 Å². The zero-order valence-electron chi connectivity index (χ0n) is 12.7. The molecule has 0 spiro atoms. The van der Waals surface area contributed by atoms with Gasteiger partial charge in [-0.1, -0.05) is 34.6 Å². The van der Waals surface area contributed by atoms with Gasteiger partial charge in [0.25, 0.3) is 0 Å². The normalized spacial score (nSPS) is 20.3. The molecule has 1 amide bonds. The Hall–Kier alpha value is -0.570. The van der Waals surface area contributed by atoms with Crippen molar-refractivity contribution in [2.45, 2.75) is 59.9 Å². The molecule has 1 saturated heterocycles. The van der Waals surface area contributed by atoms with Gasteiger partial charge in [0.15, 0.2) is 0 Å². The van der Waals surface area contributed by atoms with Crippen molar-refractivity contribution in [3.8, 4) is 0 Å². The van der Waals surface area contributed by atoms with Crippen molar-refractivity contribution in [1.29, 1.82) is 0 Å². The van der Waals surface area contributed by atoms with Crippen molar-refractivity contribution in [3.05, 3.63) is 0 Å². The Labute approximate surface area is 112 Å². The van der Waals surface area contributed by atoms with E-state index in [0.717, 1.165) is 38.3 Å². The minimum Gasteiger partial charge on any atom is -0.341 e. The molecule has 0 aromatic carbocycles. The number of carbonyl (C=O) groups is 1. The van der Waals surface area contributed by atoms with E-state index in [2.05, 4.69) is 34.6 Å². The van der Waals surface area contributed by atoms with Gasteiger partial charge < -0.3 is 10.6 Å². The van der Waals surface area contributed by atoms with E-state index in [1.54, 1.807) is 0 Å². The molecule has 18 heavy (non-hydrogen) atoms. The summed E-state index contributed by atoms with van der Waals surface area (Å²) in [6, 6.07) is -0.309. The summed E-state index contributed by atoms with van der Waals surface area (Å²) < 4.78 is 0. The van der Waals surface area contributed by atoms with Crippen LogP contribution in [-0.2, 0) is 4.79 Å². The van der Waals surface area contributed by atoms with E-state index in [1.165, 1.54) is 0 Å². The van der Waals surface area contributed by atoms with Crippen LogP contribution in [0.3, 0.4) is 0 Å². The van der Waals surface area contributed by atoms with Crippen LogP contribution in [0.4, 0.5) is 0 Å². The standard InChI is InChI=1S/C15H30N2O/c1-11(2)10-13(16)14(18)17-8-6-12(7-9-17)15(3,4)5/h11-13H,6-10,16H2,1-5H3. The molecule has 3 nitrogen and oxygen atoms in total. The Balaban J connectivity index is 2.45. The second-order valence-corrected chi connectivity index (χ2v) is 7.20. The maximum absolute atomic E-state index is 12.2. The lowest BCUT2D eigenvalue weighted by atomic mass is 9.75. The summed E-state index contributed by atoms with van der Waals surface area (Å²) in [7, 11) is 0. The van der Waals surface area contributed by atoms with Gasteiger partial charge in [-0.2, -0.15) is 0 Å². The molecular formula is C15H30N2O. The monoisotopic (exact) mass is 254 g/mol. The molecule has 1 atom stereocenters. The molecule has 3 heteroatoms. The van der Waals surface area contributed by atoms with Gasteiger partial charge in [-0.05, 0) is 36.5 Å². The van der Waals surface area contributed by atoms with Crippen LogP contribution in [0, 0.1) is 17.3 Å². The number of rotatable bonds is 3. The molecule has 1 heterocycles. The van der Waals surface area contributed by atoms with E-state index >= 15 is 0 Å². The molecule has 0 aliphatic carbocycles. The molecular weight excluding hydrogens is 224 g/mol. The number of amides is 1. The Morgan fingerprint density at radius 3 is 2.17 bits per heavy atom. The second-order valence-electron chi connectivity index (χ2n) is 7.20. The zero-order valence-corrected chi connectivity index (χ0v) is 12.7. The third kappa shape index (κ3) is 4.27. The minimum absolute atomic E-state index is 0.149. The number of likely N-dealkylation sites (tertiary alicyclic amines) is 1. The molecule has 2 N–H and O–H groups in total. The van der Waals surface area contributed by atoms with E-state index in [1.807, 2.05) is 4.90 Å². The first kappa shape index (κ1) is 15.5. The van der Waals surface area contributed by atoms with Gasteiger partial charge in [0.1, 0.15) is 0 Å². The minimum atomic E-state index is -0.309. The number of nitrogens with two attached hydrogens (primary N) is 1. The fourth-order valence-electron chi connectivity index (χ4n) is 2.81. The van der Waals surface area contributed by atoms with E-state index in [0.29, 0.717) is 11.3 Å². The predicted octanol–water partition coefficient (Wildman–Crippen LogP) is 2.64. The van der Waals surface area contributed by atoms with E-state index in [-0.39, 0.29) is 11.9 Å². The zero-order chi connectivity index (χ0) is 13.9. The van der Waals surface area contributed by atoms with Gasteiger partial charge in [-0.15, -0.1) is 0 Å². The van der Waals surface area contributed by atoms with Crippen LogP contribution in [0.2, 0.25) is 0 Å². The lowest BCUT2D eigenvalue weighted by Gasteiger charge is -2.39. The average Bonchev–Trinajstić information content (AvgIpc) is 2.26. The molecule has 0 bridgehead atoms. The van der Waals surface area contributed by atoms with E-state index in [9.17, 15) is 4.79 Å². The van der Waals surface area contributed by atoms with E-state index in [4.69, 9.17) is 5.73 Å². The van der Waals surface area contributed by atoms with Crippen molar-refractivity contribution in [3.63, 3.8) is 0 Å². The summed E-state index contributed by atoms with van der Waals surface area (Å²) in [5.41, 5.74) is 6.33. The first-order valence-electron chi connectivity index (χ1n) is 7.26. The van der Waals surface area contributed by atoms with Gasteiger partial charge in [-0.25, -0.2) is 0 Å². The van der Waals surface area contributed by atoms with Crippen molar-refractivity contribution >= 4 is 5.91 Å². The molecule has 1 unspecified atom stereocenters. The van der Waals surface area contributed by atoms with Crippen LogP contribution in [-0.4, -0.2) is 29.9 Å². The summed E-state index contributed by atoms with van der Waals surface area (Å²) in [6.07, 6.45) is 3.02. The van der Waals surface area contributed by atoms with Gasteiger partial charge in [0.05, 0.1) is 6.04 Å². The van der Waals surface area contributed by atoms with Gasteiger partial charge in [0, 0.05) is 13.1 Å². The van der Waals surface area contributed by atoms with Gasteiger partial charge >= 0.3 is 0 Å². The molecule has 0 aromatic heterocycles. The van der Waals surface area contributed by atoms with Crippen LogP contribution >= 0.6 is 0 Å². The number of hydrogen-bond donors (Lipinski definition) is 1. The maximum atomic E-state index is 12.2. The molecule has 106 valence electrons.